The van der Waals surface area contributed by atoms with Gasteiger partial charge in [-0.15, -0.1) is 0 Å². The van der Waals surface area contributed by atoms with E-state index in [-0.39, 0.29) is 0 Å². The van der Waals surface area contributed by atoms with Crippen molar-refractivity contribution in [1.29, 1.82) is 0 Å². The van der Waals surface area contributed by atoms with Gasteiger partial charge in [0.2, 0.25) is 0 Å². The van der Waals surface area contributed by atoms with E-state index < -0.39 is 0 Å². The van der Waals surface area contributed by atoms with Crippen LogP contribution in [-0.4, -0.2) is 8.80 Å². The summed E-state index contributed by atoms with van der Waals surface area (Å²) in [5, 5.41) is 12.9. The fourth-order valence-electron chi connectivity index (χ4n) is 8.98. The molecule has 49 heavy (non-hydrogen) atoms. The van der Waals surface area contributed by atoms with Gasteiger partial charge in [-0.1, -0.05) is 121 Å². The van der Waals surface area contributed by atoms with Crippen LogP contribution in [0.15, 0.2) is 164 Å². The number of nitrogens with zero attached hydrogens (tertiary/aromatic N) is 3. The monoisotopic (exact) mass is 621 g/mol. The number of hydrogen-bond acceptors (Lipinski definition) is 1. The Labute approximate surface area is 280 Å². The first-order valence-electron chi connectivity index (χ1n) is 17.0. The number of para-hydroxylation sites is 5. The Hall–Kier alpha value is -6.58. The highest BCUT2D eigenvalue weighted by molar-refractivity contribution is 6.31. The maximum Gasteiger partial charge on any atom is 0.0782 e. The lowest BCUT2D eigenvalue weighted by Gasteiger charge is -2.26. The normalized spacial score (nSPS) is 12.5. The Kier molecular flexibility index (Phi) is 4.72. The molecular weight excluding hydrogens is 595 g/mol. The number of fused-ring (bicyclic) bond motifs is 14. The molecule has 0 atom stereocenters. The van der Waals surface area contributed by atoms with Crippen molar-refractivity contribution in [1.82, 2.24) is 8.80 Å². The molecule has 12 rings (SSSR count). The quantitative estimate of drug-likeness (QED) is 0.191. The van der Waals surface area contributed by atoms with E-state index in [1.54, 1.807) is 0 Å². The average molecular weight is 622 g/mol. The molecule has 4 heterocycles. The van der Waals surface area contributed by atoms with Gasteiger partial charge < -0.3 is 13.7 Å². The standard InChI is InChI=1S/C46H27N3/c1-3-13-29(14-4-1)47(30-15-5-2-6-16-30)40-23-11-22-34-32-18-9-21-36-39-26-41-38(27-42(39)49(45(32)36)46(34)40)35-20-10-19-33-37-25-24-28-12-7-8-17-31(28)43(37)48(41)44(33)35/h1-27H. The lowest BCUT2D eigenvalue weighted by molar-refractivity contribution is 1.27. The van der Waals surface area contributed by atoms with Gasteiger partial charge in [0.1, 0.15) is 0 Å². The van der Waals surface area contributed by atoms with Crippen molar-refractivity contribution in [3.8, 4) is 0 Å². The van der Waals surface area contributed by atoms with Gasteiger partial charge in [-0.2, -0.15) is 0 Å². The minimum Gasteiger partial charge on any atom is -0.308 e. The zero-order valence-electron chi connectivity index (χ0n) is 26.4. The second-order valence-corrected chi connectivity index (χ2v) is 13.3. The van der Waals surface area contributed by atoms with E-state index in [1.807, 2.05) is 0 Å². The number of anilines is 3. The topological polar surface area (TPSA) is 12.1 Å². The van der Waals surface area contributed by atoms with Gasteiger partial charge >= 0.3 is 0 Å². The molecule has 0 saturated carbocycles. The minimum atomic E-state index is 1.14. The smallest absolute Gasteiger partial charge is 0.0782 e. The summed E-state index contributed by atoms with van der Waals surface area (Å²) in [7, 11) is 0. The van der Waals surface area contributed by atoms with Crippen molar-refractivity contribution in [3.05, 3.63) is 164 Å². The third kappa shape index (κ3) is 3.13. The second kappa shape index (κ2) is 9.06. The van der Waals surface area contributed by atoms with E-state index in [0.717, 1.165) is 17.1 Å². The van der Waals surface area contributed by atoms with Crippen LogP contribution in [0.5, 0.6) is 0 Å². The Morgan fingerprint density at radius 1 is 0.306 bits per heavy atom. The molecule has 3 heteroatoms. The van der Waals surface area contributed by atoms with E-state index in [4.69, 9.17) is 0 Å². The van der Waals surface area contributed by atoms with E-state index in [0.29, 0.717) is 0 Å². The maximum atomic E-state index is 2.55. The number of benzene rings is 8. The van der Waals surface area contributed by atoms with Gasteiger partial charge in [-0.05, 0) is 47.9 Å². The molecule has 0 spiro atoms. The van der Waals surface area contributed by atoms with Crippen LogP contribution in [0.1, 0.15) is 0 Å². The minimum absolute atomic E-state index is 1.14. The predicted molar refractivity (Wildman–Crippen MR) is 208 cm³/mol. The molecule has 0 bridgehead atoms. The van der Waals surface area contributed by atoms with Gasteiger partial charge in [0, 0.05) is 59.9 Å². The van der Waals surface area contributed by atoms with Gasteiger partial charge in [0.25, 0.3) is 0 Å². The fourth-order valence-corrected chi connectivity index (χ4v) is 8.98. The summed E-state index contributed by atoms with van der Waals surface area (Å²) in [5.74, 6) is 0. The molecule has 4 aromatic heterocycles. The number of rotatable bonds is 3. The Morgan fingerprint density at radius 3 is 1.35 bits per heavy atom. The lowest BCUT2D eigenvalue weighted by atomic mass is 10.0. The third-order valence-corrected chi connectivity index (χ3v) is 10.9. The van der Waals surface area contributed by atoms with Crippen molar-refractivity contribution in [3.63, 3.8) is 0 Å². The fraction of sp³-hybridized carbons (Fsp3) is 0. The predicted octanol–water partition coefficient (Wildman–Crippen LogP) is 12.6. The molecule has 8 aromatic carbocycles. The highest BCUT2D eigenvalue weighted by Gasteiger charge is 2.25. The van der Waals surface area contributed by atoms with Gasteiger partial charge in [-0.25, -0.2) is 0 Å². The number of aromatic nitrogens is 2. The summed E-state index contributed by atoms with van der Waals surface area (Å²) in [5.41, 5.74) is 11.1. The highest BCUT2D eigenvalue weighted by Crippen LogP contribution is 2.48. The lowest BCUT2D eigenvalue weighted by Crippen LogP contribution is -2.10. The van der Waals surface area contributed by atoms with Crippen molar-refractivity contribution in [2.45, 2.75) is 0 Å². The van der Waals surface area contributed by atoms with Gasteiger partial charge in [0.15, 0.2) is 0 Å². The first kappa shape index (κ1) is 25.5. The molecule has 226 valence electrons. The molecule has 0 saturated heterocycles. The molecule has 0 radical (unpaired) electrons. The molecule has 0 N–H and O–H groups in total. The first-order valence-corrected chi connectivity index (χ1v) is 17.0. The van der Waals surface area contributed by atoms with E-state index in [9.17, 15) is 0 Å². The van der Waals surface area contributed by atoms with Crippen LogP contribution in [0.25, 0.3) is 87.0 Å². The van der Waals surface area contributed by atoms with Crippen LogP contribution in [0.4, 0.5) is 17.1 Å². The summed E-state index contributed by atoms with van der Waals surface area (Å²) in [6, 6.07) is 60.2. The molecule has 0 fully saturated rings. The Morgan fingerprint density at radius 2 is 0.735 bits per heavy atom. The van der Waals surface area contributed by atoms with Crippen LogP contribution >= 0.6 is 0 Å². The largest absolute Gasteiger partial charge is 0.308 e. The average Bonchev–Trinajstić information content (AvgIpc) is 3.89. The molecule has 3 nitrogen and oxygen atoms in total. The highest BCUT2D eigenvalue weighted by atomic mass is 15.2. The molecular formula is C46H27N3. The molecule has 0 aliphatic heterocycles. The molecule has 0 amide bonds. The second-order valence-electron chi connectivity index (χ2n) is 13.3. The Balaban J connectivity index is 1.28. The summed E-state index contributed by atoms with van der Waals surface area (Å²) in [6.07, 6.45) is 0. The van der Waals surface area contributed by atoms with Crippen LogP contribution in [-0.2, 0) is 0 Å². The SMILES string of the molecule is c1ccc(N(c2ccccc2)c2cccc3c4cccc5c6cc7c(cc6n(c23)c54)c2cccc3c4ccc5ccccc5c4n7c23)cc1. The number of hydrogen-bond donors (Lipinski definition) is 0. The maximum absolute atomic E-state index is 2.55. The van der Waals surface area contributed by atoms with E-state index in [2.05, 4.69) is 177 Å². The van der Waals surface area contributed by atoms with Crippen molar-refractivity contribution in [2.24, 2.45) is 0 Å². The Bertz CT molecular complexity index is 3220. The van der Waals surface area contributed by atoms with Crippen LogP contribution in [0.2, 0.25) is 0 Å². The zero-order valence-corrected chi connectivity index (χ0v) is 26.4. The van der Waals surface area contributed by atoms with Crippen molar-refractivity contribution >= 4 is 104 Å². The van der Waals surface area contributed by atoms with E-state index in [1.165, 1.54) is 87.0 Å². The first-order chi connectivity index (χ1) is 24.3. The summed E-state index contributed by atoms with van der Waals surface area (Å²) >= 11 is 0. The van der Waals surface area contributed by atoms with Gasteiger partial charge in [-0.3, -0.25) is 0 Å². The van der Waals surface area contributed by atoms with Crippen molar-refractivity contribution in [2.75, 3.05) is 4.90 Å². The summed E-state index contributed by atoms with van der Waals surface area (Å²) < 4.78 is 5.09. The third-order valence-electron chi connectivity index (χ3n) is 10.9. The molecule has 0 aliphatic carbocycles. The van der Waals surface area contributed by atoms with Crippen molar-refractivity contribution < 1.29 is 0 Å². The van der Waals surface area contributed by atoms with Gasteiger partial charge in [0.05, 0.1) is 38.8 Å². The molecule has 0 unspecified atom stereocenters. The summed E-state index contributed by atoms with van der Waals surface area (Å²) in [6.45, 7) is 0. The van der Waals surface area contributed by atoms with Crippen LogP contribution in [0, 0.1) is 0 Å². The molecule has 0 aliphatic rings. The molecule has 12 aromatic rings. The van der Waals surface area contributed by atoms with E-state index >= 15 is 0 Å². The zero-order chi connectivity index (χ0) is 31.8. The summed E-state index contributed by atoms with van der Waals surface area (Å²) in [4.78, 5) is 2.40. The van der Waals surface area contributed by atoms with Crippen LogP contribution in [0.3, 0.4) is 0 Å². The van der Waals surface area contributed by atoms with Crippen LogP contribution < -0.4 is 4.90 Å².